The predicted molar refractivity (Wildman–Crippen MR) is 76.0 cm³/mol. The zero-order valence-corrected chi connectivity index (χ0v) is 11.5. The molecule has 0 atom stereocenters. The lowest BCUT2D eigenvalue weighted by Gasteiger charge is -2.13. The largest absolute Gasteiger partial charge is 0.492 e. The average molecular weight is 277 g/mol. The summed E-state index contributed by atoms with van der Waals surface area (Å²) in [4.78, 5) is 0. The minimum absolute atomic E-state index is 0.247. The average Bonchev–Trinajstić information content (AvgIpc) is 2.40. The third-order valence-electron chi connectivity index (χ3n) is 3.02. The van der Waals surface area contributed by atoms with Gasteiger partial charge in [-0.15, -0.1) is 0 Å². The molecule has 0 radical (unpaired) electrons. The second-order valence-electron chi connectivity index (χ2n) is 4.50. The number of benzene rings is 2. The van der Waals surface area contributed by atoms with E-state index in [1.807, 2.05) is 13.8 Å². The molecule has 0 amide bonds. The van der Waals surface area contributed by atoms with E-state index in [-0.39, 0.29) is 11.6 Å². The maximum atomic E-state index is 13.2. The van der Waals surface area contributed by atoms with Crippen LogP contribution in [0.1, 0.15) is 18.1 Å². The molecule has 0 aromatic heterocycles. The third-order valence-corrected chi connectivity index (χ3v) is 3.02. The summed E-state index contributed by atoms with van der Waals surface area (Å²) in [6.07, 6.45) is 0. The number of hydrogen-bond donors (Lipinski definition) is 1. The minimum atomic E-state index is -0.336. The molecule has 0 fully saturated rings. The predicted octanol–water partition coefficient (Wildman–Crippen LogP) is 4.28. The van der Waals surface area contributed by atoms with Gasteiger partial charge in [-0.05, 0) is 49.2 Å². The van der Waals surface area contributed by atoms with Crippen molar-refractivity contribution in [3.63, 3.8) is 0 Å². The molecule has 0 unspecified atom stereocenters. The smallest absolute Gasteiger partial charge is 0.145 e. The fourth-order valence-corrected chi connectivity index (χ4v) is 1.97. The van der Waals surface area contributed by atoms with Crippen LogP contribution in [0.5, 0.6) is 5.75 Å². The molecule has 0 heterocycles. The summed E-state index contributed by atoms with van der Waals surface area (Å²) in [6.45, 7) is 4.69. The Morgan fingerprint density at radius 3 is 2.45 bits per heavy atom. The van der Waals surface area contributed by atoms with Gasteiger partial charge in [0.15, 0.2) is 0 Å². The first-order chi connectivity index (χ1) is 9.60. The van der Waals surface area contributed by atoms with Crippen LogP contribution in [0.2, 0.25) is 0 Å². The van der Waals surface area contributed by atoms with Crippen molar-refractivity contribution in [2.75, 3.05) is 11.9 Å². The van der Waals surface area contributed by atoms with Gasteiger partial charge < -0.3 is 10.1 Å². The number of hydrogen-bond acceptors (Lipinski definition) is 2. The van der Waals surface area contributed by atoms with Gasteiger partial charge in [0.05, 0.1) is 12.3 Å². The lowest BCUT2D eigenvalue weighted by atomic mass is 10.1. The number of anilines is 1. The van der Waals surface area contributed by atoms with Crippen molar-refractivity contribution in [1.29, 1.82) is 0 Å². The molecule has 0 aliphatic rings. The summed E-state index contributed by atoms with van der Waals surface area (Å²) >= 11 is 0. The maximum Gasteiger partial charge on any atom is 0.145 e. The first-order valence-corrected chi connectivity index (χ1v) is 6.51. The normalized spacial score (nSPS) is 10.4. The maximum absolute atomic E-state index is 13.2. The van der Waals surface area contributed by atoms with E-state index in [1.165, 1.54) is 24.3 Å². The Balaban J connectivity index is 2.14. The van der Waals surface area contributed by atoms with Crippen molar-refractivity contribution < 1.29 is 13.5 Å². The fourth-order valence-electron chi connectivity index (χ4n) is 1.97. The molecular formula is C16H17F2NO. The van der Waals surface area contributed by atoms with Gasteiger partial charge in [0, 0.05) is 12.6 Å². The Kier molecular flexibility index (Phi) is 4.56. The molecule has 0 aliphatic carbocycles. The molecule has 2 aromatic carbocycles. The van der Waals surface area contributed by atoms with Gasteiger partial charge >= 0.3 is 0 Å². The van der Waals surface area contributed by atoms with E-state index < -0.39 is 0 Å². The van der Waals surface area contributed by atoms with E-state index in [0.29, 0.717) is 18.9 Å². The molecule has 4 heteroatoms. The van der Waals surface area contributed by atoms with Crippen LogP contribution in [-0.2, 0) is 6.54 Å². The first-order valence-electron chi connectivity index (χ1n) is 6.51. The quantitative estimate of drug-likeness (QED) is 0.880. The monoisotopic (exact) mass is 277 g/mol. The van der Waals surface area contributed by atoms with Gasteiger partial charge in [-0.2, -0.15) is 0 Å². The van der Waals surface area contributed by atoms with E-state index in [4.69, 9.17) is 4.74 Å². The number of halogens is 2. The van der Waals surface area contributed by atoms with Gasteiger partial charge in [0.1, 0.15) is 17.4 Å². The molecule has 0 bridgehead atoms. The molecular weight excluding hydrogens is 260 g/mol. The Bertz CT molecular complexity index is 599. The summed E-state index contributed by atoms with van der Waals surface area (Å²) in [7, 11) is 0. The molecule has 0 saturated heterocycles. The number of ether oxygens (including phenoxy) is 1. The molecule has 2 aromatic rings. The zero-order valence-electron chi connectivity index (χ0n) is 11.5. The Hall–Kier alpha value is -2.10. The van der Waals surface area contributed by atoms with Crippen LogP contribution in [-0.4, -0.2) is 6.61 Å². The van der Waals surface area contributed by atoms with Crippen LogP contribution in [0, 0.1) is 18.6 Å². The van der Waals surface area contributed by atoms with Gasteiger partial charge in [-0.3, -0.25) is 0 Å². The van der Waals surface area contributed by atoms with Crippen LogP contribution in [0.3, 0.4) is 0 Å². The minimum Gasteiger partial charge on any atom is -0.492 e. The third kappa shape index (κ3) is 3.47. The number of nitrogens with one attached hydrogen (secondary N) is 1. The lowest BCUT2D eigenvalue weighted by Crippen LogP contribution is -2.04. The highest BCUT2D eigenvalue weighted by molar-refractivity contribution is 5.56. The van der Waals surface area contributed by atoms with Gasteiger partial charge in [-0.1, -0.05) is 6.07 Å². The zero-order chi connectivity index (χ0) is 14.5. The van der Waals surface area contributed by atoms with Crippen LogP contribution in [0.25, 0.3) is 0 Å². The van der Waals surface area contributed by atoms with E-state index in [0.717, 1.165) is 16.8 Å². The van der Waals surface area contributed by atoms with Gasteiger partial charge in [0.2, 0.25) is 0 Å². The highest BCUT2D eigenvalue weighted by Gasteiger charge is 2.06. The standard InChI is InChI=1S/C16H17F2NO/c1-3-20-16-9-14(18)6-7-15(16)19-10-12-4-5-13(17)8-11(12)2/h4-9,19H,3,10H2,1-2H3. The molecule has 0 saturated carbocycles. The summed E-state index contributed by atoms with van der Waals surface area (Å²) in [5, 5.41) is 3.19. The van der Waals surface area contributed by atoms with Crippen LogP contribution in [0.4, 0.5) is 14.5 Å². The molecule has 20 heavy (non-hydrogen) atoms. The number of aryl methyl sites for hydroxylation is 1. The first kappa shape index (κ1) is 14.3. The van der Waals surface area contributed by atoms with Crippen molar-refractivity contribution in [2.24, 2.45) is 0 Å². The fraction of sp³-hybridized carbons (Fsp3) is 0.250. The van der Waals surface area contributed by atoms with Gasteiger partial charge in [0.25, 0.3) is 0 Å². The van der Waals surface area contributed by atoms with Crippen LogP contribution >= 0.6 is 0 Å². The molecule has 0 aliphatic heterocycles. The van der Waals surface area contributed by atoms with Crippen LogP contribution in [0.15, 0.2) is 36.4 Å². The van der Waals surface area contributed by atoms with E-state index in [2.05, 4.69) is 5.32 Å². The Morgan fingerprint density at radius 2 is 1.75 bits per heavy atom. The topological polar surface area (TPSA) is 21.3 Å². The molecule has 2 rings (SSSR count). The highest BCUT2D eigenvalue weighted by atomic mass is 19.1. The summed E-state index contributed by atoms with van der Waals surface area (Å²) in [5.41, 5.74) is 2.58. The van der Waals surface area contributed by atoms with Crippen molar-refractivity contribution in [2.45, 2.75) is 20.4 Å². The Morgan fingerprint density at radius 1 is 1.05 bits per heavy atom. The van der Waals surface area contributed by atoms with E-state index in [9.17, 15) is 8.78 Å². The second-order valence-corrected chi connectivity index (χ2v) is 4.50. The van der Waals surface area contributed by atoms with Crippen molar-refractivity contribution in [1.82, 2.24) is 0 Å². The summed E-state index contributed by atoms with van der Waals surface area (Å²) in [5.74, 6) is -0.104. The van der Waals surface area contributed by atoms with E-state index in [1.54, 1.807) is 12.1 Å². The number of rotatable bonds is 5. The Labute approximate surface area is 117 Å². The summed E-state index contributed by atoms with van der Waals surface area (Å²) in [6, 6.07) is 9.02. The van der Waals surface area contributed by atoms with E-state index >= 15 is 0 Å². The highest BCUT2D eigenvalue weighted by Crippen LogP contribution is 2.26. The van der Waals surface area contributed by atoms with Gasteiger partial charge in [-0.25, -0.2) is 8.78 Å². The molecule has 2 nitrogen and oxygen atoms in total. The molecule has 0 spiro atoms. The van der Waals surface area contributed by atoms with Crippen molar-refractivity contribution >= 4 is 5.69 Å². The lowest BCUT2D eigenvalue weighted by molar-refractivity contribution is 0.340. The van der Waals surface area contributed by atoms with Crippen molar-refractivity contribution in [3.05, 3.63) is 59.2 Å². The molecule has 1 N–H and O–H groups in total. The molecule has 106 valence electrons. The second kappa shape index (κ2) is 6.37. The SMILES string of the molecule is CCOc1cc(F)ccc1NCc1ccc(F)cc1C. The van der Waals surface area contributed by atoms with Crippen molar-refractivity contribution in [3.8, 4) is 5.75 Å². The van der Waals surface area contributed by atoms with Crippen LogP contribution < -0.4 is 10.1 Å². The summed E-state index contributed by atoms with van der Waals surface area (Å²) < 4.78 is 31.6.